The molecule has 168 valence electrons. The number of nitrogens with zero attached hydrogens (tertiary/aromatic N) is 1. The summed E-state index contributed by atoms with van der Waals surface area (Å²) in [4.78, 5) is 38.0. The van der Waals surface area contributed by atoms with Crippen LogP contribution in [0, 0.1) is 0 Å². The Kier molecular flexibility index (Phi) is 9.32. The van der Waals surface area contributed by atoms with Gasteiger partial charge in [0.15, 0.2) is 11.5 Å². The van der Waals surface area contributed by atoms with Crippen LogP contribution in [0.1, 0.15) is 38.2 Å². The van der Waals surface area contributed by atoms with Crippen LogP contribution in [0.25, 0.3) is 6.08 Å². The van der Waals surface area contributed by atoms with Crippen molar-refractivity contribution < 1.29 is 29.0 Å². The van der Waals surface area contributed by atoms with E-state index < -0.39 is 17.9 Å². The lowest BCUT2D eigenvalue weighted by Gasteiger charge is -2.17. The summed E-state index contributed by atoms with van der Waals surface area (Å²) in [5.74, 6) is -0.665. The standard InChI is InChI=1S/C21H26N2O6S2/c1-4-5-6-14(20(26)27)22-18(24)9-10-23-19(25)17(31-21(23)30)12-13-7-8-15(28-2)16(11-13)29-3/h7-8,11-12,14H,4-6,9-10H2,1-3H3,(H,22,24)(H,26,27)/b17-12+. The zero-order valence-corrected chi connectivity index (χ0v) is 19.3. The molecule has 2 rings (SSSR count). The number of rotatable bonds is 11. The van der Waals surface area contributed by atoms with E-state index in [2.05, 4.69) is 5.32 Å². The summed E-state index contributed by atoms with van der Waals surface area (Å²) in [6.07, 6.45) is 3.57. The third-order valence-electron chi connectivity index (χ3n) is 4.62. The fourth-order valence-corrected chi connectivity index (χ4v) is 4.24. The third-order valence-corrected chi connectivity index (χ3v) is 6.00. The fraction of sp³-hybridized carbons (Fsp3) is 0.429. The van der Waals surface area contributed by atoms with Crippen LogP contribution in [0.3, 0.4) is 0 Å². The van der Waals surface area contributed by atoms with Gasteiger partial charge in [0, 0.05) is 13.0 Å². The van der Waals surface area contributed by atoms with Gasteiger partial charge in [-0.15, -0.1) is 0 Å². The van der Waals surface area contributed by atoms with Gasteiger partial charge in [0.25, 0.3) is 5.91 Å². The highest BCUT2D eigenvalue weighted by Crippen LogP contribution is 2.34. The van der Waals surface area contributed by atoms with Gasteiger partial charge >= 0.3 is 5.97 Å². The summed E-state index contributed by atoms with van der Waals surface area (Å²) >= 11 is 6.45. The highest BCUT2D eigenvalue weighted by molar-refractivity contribution is 8.26. The topological polar surface area (TPSA) is 105 Å². The fourth-order valence-electron chi connectivity index (χ4n) is 2.93. The number of amides is 2. The Morgan fingerprint density at radius 2 is 2.00 bits per heavy atom. The van der Waals surface area contributed by atoms with Gasteiger partial charge in [0.05, 0.1) is 19.1 Å². The van der Waals surface area contributed by atoms with E-state index in [9.17, 15) is 19.5 Å². The van der Waals surface area contributed by atoms with Crippen LogP contribution in [0.5, 0.6) is 11.5 Å². The molecule has 0 saturated carbocycles. The van der Waals surface area contributed by atoms with Gasteiger partial charge in [0.2, 0.25) is 5.91 Å². The molecule has 1 aliphatic rings. The van der Waals surface area contributed by atoms with Gasteiger partial charge in [-0.3, -0.25) is 14.5 Å². The Hall–Kier alpha value is -2.59. The maximum absolute atomic E-state index is 12.7. The van der Waals surface area contributed by atoms with Gasteiger partial charge in [-0.05, 0) is 30.2 Å². The van der Waals surface area contributed by atoms with E-state index in [-0.39, 0.29) is 18.9 Å². The lowest BCUT2D eigenvalue weighted by molar-refractivity contribution is -0.142. The number of aliphatic carboxylic acids is 1. The van der Waals surface area contributed by atoms with E-state index in [1.54, 1.807) is 31.4 Å². The summed E-state index contributed by atoms with van der Waals surface area (Å²) in [6, 6.07) is 4.36. The number of carbonyl (C=O) groups is 3. The van der Waals surface area contributed by atoms with Crippen LogP contribution in [0.4, 0.5) is 0 Å². The van der Waals surface area contributed by atoms with Gasteiger partial charge in [0.1, 0.15) is 10.4 Å². The normalized spacial score (nSPS) is 15.8. The number of thioether (sulfide) groups is 1. The predicted octanol–water partition coefficient (Wildman–Crippen LogP) is 3.05. The summed E-state index contributed by atoms with van der Waals surface area (Å²) in [5, 5.41) is 11.7. The SMILES string of the molecule is CCCCC(NC(=O)CCN1C(=O)/C(=C\c2ccc(OC)c(OC)c2)SC1=S)C(=O)O. The van der Waals surface area contributed by atoms with E-state index in [0.717, 1.165) is 23.7 Å². The number of benzene rings is 1. The molecule has 1 unspecified atom stereocenters. The molecular weight excluding hydrogens is 440 g/mol. The third kappa shape index (κ3) is 6.70. The lowest BCUT2D eigenvalue weighted by Crippen LogP contribution is -2.42. The van der Waals surface area contributed by atoms with E-state index in [0.29, 0.717) is 33.6 Å². The first-order valence-corrected chi connectivity index (χ1v) is 11.0. The summed E-state index contributed by atoms with van der Waals surface area (Å²) < 4.78 is 10.8. The smallest absolute Gasteiger partial charge is 0.326 e. The zero-order valence-electron chi connectivity index (χ0n) is 17.7. The van der Waals surface area contributed by atoms with E-state index in [1.807, 2.05) is 6.92 Å². The van der Waals surface area contributed by atoms with Crippen LogP contribution in [-0.2, 0) is 14.4 Å². The molecule has 2 N–H and O–H groups in total. The number of unbranched alkanes of at least 4 members (excludes halogenated alkanes) is 1. The predicted molar refractivity (Wildman–Crippen MR) is 123 cm³/mol. The van der Waals surface area contributed by atoms with Crippen molar-refractivity contribution in [1.82, 2.24) is 10.2 Å². The quantitative estimate of drug-likeness (QED) is 0.379. The Morgan fingerprint density at radius 3 is 2.61 bits per heavy atom. The Bertz CT molecular complexity index is 887. The van der Waals surface area contributed by atoms with Gasteiger partial charge < -0.3 is 19.9 Å². The Labute approximate surface area is 191 Å². The van der Waals surface area contributed by atoms with Gasteiger partial charge in [-0.2, -0.15) is 0 Å². The number of thiocarbonyl (C=S) groups is 1. The minimum Gasteiger partial charge on any atom is -0.493 e. The molecule has 8 nitrogen and oxygen atoms in total. The van der Waals surface area contributed by atoms with Crippen molar-refractivity contribution in [3.63, 3.8) is 0 Å². The molecule has 2 amide bonds. The summed E-state index contributed by atoms with van der Waals surface area (Å²) in [5.41, 5.74) is 0.746. The largest absolute Gasteiger partial charge is 0.493 e. The van der Waals surface area contributed by atoms with Crippen molar-refractivity contribution in [2.24, 2.45) is 0 Å². The van der Waals surface area contributed by atoms with Crippen LogP contribution >= 0.6 is 24.0 Å². The van der Waals surface area contributed by atoms with Crippen molar-refractivity contribution in [3.8, 4) is 11.5 Å². The first-order chi connectivity index (χ1) is 14.8. The second-order valence-corrected chi connectivity index (χ2v) is 8.47. The molecule has 31 heavy (non-hydrogen) atoms. The van der Waals surface area contributed by atoms with Gasteiger partial charge in [-0.1, -0.05) is 49.8 Å². The van der Waals surface area contributed by atoms with Crippen molar-refractivity contribution in [3.05, 3.63) is 28.7 Å². The number of carbonyl (C=O) groups excluding carboxylic acids is 2. The number of ether oxygens (including phenoxy) is 2. The van der Waals surface area contributed by atoms with Crippen molar-refractivity contribution in [2.45, 2.75) is 38.6 Å². The molecule has 1 fully saturated rings. The highest BCUT2D eigenvalue weighted by atomic mass is 32.2. The van der Waals surface area contributed by atoms with Crippen LogP contribution in [0.2, 0.25) is 0 Å². The lowest BCUT2D eigenvalue weighted by atomic mass is 10.1. The first-order valence-electron chi connectivity index (χ1n) is 9.80. The minimum atomic E-state index is -1.06. The van der Waals surface area contributed by atoms with Crippen molar-refractivity contribution in [1.29, 1.82) is 0 Å². The molecule has 1 heterocycles. The molecule has 0 aromatic heterocycles. The average Bonchev–Trinajstić information content (AvgIpc) is 3.01. The highest BCUT2D eigenvalue weighted by Gasteiger charge is 2.32. The molecule has 0 bridgehead atoms. The second kappa shape index (κ2) is 11.7. The molecule has 1 saturated heterocycles. The molecule has 1 aromatic carbocycles. The first kappa shape index (κ1) is 24.7. The van der Waals surface area contributed by atoms with Gasteiger partial charge in [-0.25, -0.2) is 4.79 Å². The monoisotopic (exact) mass is 466 g/mol. The number of hydrogen-bond donors (Lipinski definition) is 2. The molecule has 0 aliphatic carbocycles. The van der Waals surface area contributed by atoms with E-state index in [4.69, 9.17) is 21.7 Å². The molecule has 0 radical (unpaired) electrons. The summed E-state index contributed by atoms with van der Waals surface area (Å²) in [6.45, 7) is 2.03. The maximum Gasteiger partial charge on any atom is 0.326 e. The second-order valence-electron chi connectivity index (χ2n) is 6.80. The molecule has 1 atom stereocenters. The van der Waals surface area contributed by atoms with Crippen LogP contribution < -0.4 is 14.8 Å². The Balaban J connectivity index is 2.01. The molecule has 0 spiro atoms. The van der Waals surface area contributed by atoms with Crippen molar-refractivity contribution in [2.75, 3.05) is 20.8 Å². The van der Waals surface area contributed by atoms with E-state index in [1.165, 1.54) is 12.0 Å². The Morgan fingerprint density at radius 1 is 1.29 bits per heavy atom. The number of nitrogens with one attached hydrogen (secondary N) is 1. The molecular formula is C21H26N2O6S2. The zero-order chi connectivity index (χ0) is 23.0. The average molecular weight is 467 g/mol. The molecule has 1 aromatic rings. The molecule has 10 heteroatoms. The van der Waals surface area contributed by atoms with Crippen LogP contribution in [-0.4, -0.2) is 58.9 Å². The number of methoxy groups -OCH3 is 2. The number of hydrogen-bond acceptors (Lipinski definition) is 7. The van der Waals surface area contributed by atoms with Crippen LogP contribution in [0.15, 0.2) is 23.1 Å². The van der Waals surface area contributed by atoms with E-state index >= 15 is 0 Å². The number of carboxylic acids is 1. The molecule has 1 aliphatic heterocycles. The van der Waals surface area contributed by atoms with Crippen molar-refractivity contribution >= 4 is 52.2 Å². The summed E-state index contributed by atoms with van der Waals surface area (Å²) in [7, 11) is 3.07. The minimum absolute atomic E-state index is 0.0357. The maximum atomic E-state index is 12.7. The number of carboxylic acid groups (broad SMARTS) is 1.